The molecule has 0 saturated carbocycles. The molecule has 0 bridgehead atoms. The lowest BCUT2D eigenvalue weighted by molar-refractivity contribution is -0.126. The molecule has 1 aromatic rings. The van der Waals surface area contributed by atoms with Crippen LogP contribution in [0.15, 0.2) is 24.3 Å². The van der Waals surface area contributed by atoms with E-state index < -0.39 is 0 Å². The zero-order valence-corrected chi connectivity index (χ0v) is 11.1. The van der Waals surface area contributed by atoms with E-state index in [4.69, 9.17) is 4.74 Å². The lowest BCUT2D eigenvalue weighted by Gasteiger charge is -2.42. The molecule has 0 aliphatic carbocycles. The molecule has 2 atom stereocenters. The van der Waals surface area contributed by atoms with Crippen LogP contribution in [0.5, 0.6) is 5.75 Å². The van der Waals surface area contributed by atoms with Crippen LogP contribution in [0.1, 0.15) is 11.6 Å². The first-order chi connectivity index (χ1) is 9.26. The highest BCUT2D eigenvalue weighted by atomic mass is 16.5. The van der Waals surface area contributed by atoms with Crippen LogP contribution in [0.25, 0.3) is 0 Å². The van der Waals surface area contributed by atoms with Gasteiger partial charge in [0.25, 0.3) is 0 Å². The molecular weight excluding hydrogens is 242 g/mol. The van der Waals surface area contributed by atoms with Gasteiger partial charge in [-0.3, -0.25) is 9.69 Å². The maximum atomic E-state index is 11.5. The number of benzene rings is 1. The number of hydrogen-bond acceptors (Lipinski definition) is 4. The Hall–Kier alpha value is -1.59. The van der Waals surface area contributed by atoms with Gasteiger partial charge in [0.15, 0.2) is 0 Å². The van der Waals surface area contributed by atoms with E-state index in [9.17, 15) is 4.79 Å². The minimum atomic E-state index is 0.131. The van der Waals surface area contributed by atoms with Crippen molar-refractivity contribution in [3.8, 4) is 5.75 Å². The number of amides is 1. The molecule has 1 amide bonds. The summed E-state index contributed by atoms with van der Waals surface area (Å²) in [4.78, 5) is 13.7. The summed E-state index contributed by atoms with van der Waals surface area (Å²) in [6.45, 7) is 3.06. The van der Waals surface area contributed by atoms with Gasteiger partial charge in [-0.2, -0.15) is 0 Å². The largest absolute Gasteiger partial charge is 0.497 e. The number of hydrogen-bond donors (Lipinski definition) is 2. The molecule has 2 saturated heterocycles. The van der Waals surface area contributed by atoms with E-state index in [1.54, 1.807) is 7.11 Å². The van der Waals surface area contributed by atoms with Crippen molar-refractivity contribution >= 4 is 5.91 Å². The van der Waals surface area contributed by atoms with E-state index in [-0.39, 0.29) is 11.9 Å². The predicted octanol–water partition coefficient (Wildman–Crippen LogP) is 0.140. The molecule has 0 aromatic heterocycles. The van der Waals surface area contributed by atoms with Crippen LogP contribution in [0.4, 0.5) is 0 Å². The molecule has 2 aliphatic rings. The third-order valence-electron chi connectivity index (χ3n) is 3.93. The van der Waals surface area contributed by atoms with Crippen LogP contribution in [0, 0.1) is 0 Å². The molecular formula is C14H19N3O2. The van der Waals surface area contributed by atoms with Crippen molar-refractivity contribution in [2.24, 2.45) is 0 Å². The van der Waals surface area contributed by atoms with E-state index in [1.165, 1.54) is 5.56 Å². The minimum absolute atomic E-state index is 0.131. The van der Waals surface area contributed by atoms with Crippen molar-refractivity contribution < 1.29 is 9.53 Å². The second-order valence-electron chi connectivity index (χ2n) is 5.12. The van der Waals surface area contributed by atoms with Gasteiger partial charge >= 0.3 is 0 Å². The Bertz CT molecular complexity index is 460. The van der Waals surface area contributed by atoms with Crippen molar-refractivity contribution in [2.45, 2.75) is 12.1 Å². The first-order valence-corrected chi connectivity index (χ1v) is 6.64. The van der Waals surface area contributed by atoms with E-state index in [0.717, 1.165) is 25.4 Å². The first-order valence-electron chi connectivity index (χ1n) is 6.64. The van der Waals surface area contributed by atoms with Gasteiger partial charge in [0.1, 0.15) is 5.75 Å². The lowest BCUT2D eigenvalue weighted by atomic mass is 10.0. The molecule has 2 unspecified atom stereocenters. The number of piperazine rings is 2. The number of carbonyl (C=O) groups is 1. The number of carbonyl (C=O) groups excluding carboxylic acids is 1. The monoisotopic (exact) mass is 261 g/mol. The maximum Gasteiger partial charge on any atom is 0.234 e. The van der Waals surface area contributed by atoms with E-state index in [2.05, 4.69) is 27.7 Å². The fourth-order valence-corrected chi connectivity index (χ4v) is 2.78. The summed E-state index contributed by atoms with van der Waals surface area (Å²) < 4.78 is 5.17. The van der Waals surface area contributed by atoms with Gasteiger partial charge in [-0.1, -0.05) is 12.1 Å². The molecule has 3 rings (SSSR count). The molecule has 102 valence electrons. The van der Waals surface area contributed by atoms with Gasteiger partial charge < -0.3 is 15.4 Å². The Morgan fingerprint density at radius 1 is 1.26 bits per heavy atom. The van der Waals surface area contributed by atoms with E-state index in [1.807, 2.05) is 12.1 Å². The van der Waals surface area contributed by atoms with Crippen molar-refractivity contribution in [1.29, 1.82) is 0 Å². The third kappa shape index (κ3) is 2.57. The number of ether oxygens (including phenoxy) is 1. The fourth-order valence-electron chi connectivity index (χ4n) is 2.78. The maximum absolute atomic E-state index is 11.5. The summed E-state index contributed by atoms with van der Waals surface area (Å²) in [5, 5.41) is 6.47. The minimum Gasteiger partial charge on any atom is -0.497 e. The third-order valence-corrected chi connectivity index (χ3v) is 3.93. The summed E-state index contributed by atoms with van der Waals surface area (Å²) >= 11 is 0. The van der Waals surface area contributed by atoms with Crippen molar-refractivity contribution in [2.75, 3.05) is 33.3 Å². The highest BCUT2D eigenvalue weighted by Crippen LogP contribution is 2.22. The molecule has 2 fully saturated rings. The smallest absolute Gasteiger partial charge is 0.234 e. The SMILES string of the molecule is COc1ccc(C2CN3CC(=O)NCC3CN2)cc1. The quantitative estimate of drug-likeness (QED) is 0.795. The van der Waals surface area contributed by atoms with Crippen LogP contribution in [-0.2, 0) is 4.79 Å². The number of fused-ring (bicyclic) bond motifs is 1. The van der Waals surface area contributed by atoms with Crippen LogP contribution < -0.4 is 15.4 Å². The summed E-state index contributed by atoms with van der Waals surface area (Å²) in [5.74, 6) is 1.00. The Morgan fingerprint density at radius 3 is 2.79 bits per heavy atom. The normalized spacial score (nSPS) is 27.5. The van der Waals surface area contributed by atoms with Crippen molar-refractivity contribution in [3.63, 3.8) is 0 Å². The number of nitrogens with one attached hydrogen (secondary N) is 2. The zero-order chi connectivity index (χ0) is 13.2. The second kappa shape index (κ2) is 5.19. The molecule has 1 aromatic carbocycles. The van der Waals surface area contributed by atoms with Gasteiger partial charge in [-0.15, -0.1) is 0 Å². The van der Waals surface area contributed by atoms with Crippen LogP contribution >= 0.6 is 0 Å². The molecule has 5 nitrogen and oxygen atoms in total. The Labute approximate surface area is 112 Å². The predicted molar refractivity (Wildman–Crippen MR) is 72.1 cm³/mol. The Kier molecular flexibility index (Phi) is 3.40. The average molecular weight is 261 g/mol. The van der Waals surface area contributed by atoms with Gasteiger partial charge in [0, 0.05) is 31.7 Å². The molecule has 0 spiro atoms. The highest BCUT2D eigenvalue weighted by Gasteiger charge is 2.32. The van der Waals surface area contributed by atoms with Gasteiger partial charge in [-0.05, 0) is 17.7 Å². The highest BCUT2D eigenvalue weighted by molar-refractivity contribution is 5.78. The molecule has 19 heavy (non-hydrogen) atoms. The van der Waals surface area contributed by atoms with E-state index >= 15 is 0 Å². The summed E-state index contributed by atoms with van der Waals surface area (Å²) in [5.41, 5.74) is 1.24. The summed E-state index contributed by atoms with van der Waals surface area (Å²) in [7, 11) is 1.67. The summed E-state index contributed by atoms with van der Waals surface area (Å²) in [6, 6.07) is 8.83. The molecule has 2 aliphatic heterocycles. The lowest BCUT2D eigenvalue weighted by Crippen LogP contribution is -2.62. The first kappa shape index (κ1) is 12.4. The fraction of sp³-hybridized carbons (Fsp3) is 0.500. The van der Waals surface area contributed by atoms with Gasteiger partial charge in [0.05, 0.1) is 13.7 Å². The van der Waals surface area contributed by atoms with Crippen LogP contribution in [-0.4, -0.2) is 50.1 Å². The van der Waals surface area contributed by atoms with Crippen LogP contribution in [0.2, 0.25) is 0 Å². The molecule has 2 heterocycles. The average Bonchev–Trinajstić information content (AvgIpc) is 2.46. The Morgan fingerprint density at radius 2 is 2.05 bits per heavy atom. The topological polar surface area (TPSA) is 53.6 Å². The van der Waals surface area contributed by atoms with Crippen LogP contribution in [0.3, 0.4) is 0 Å². The number of nitrogens with zero attached hydrogens (tertiary/aromatic N) is 1. The molecule has 0 radical (unpaired) electrons. The van der Waals surface area contributed by atoms with Crippen molar-refractivity contribution in [3.05, 3.63) is 29.8 Å². The van der Waals surface area contributed by atoms with Gasteiger partial charge in [0.2, 0.25) is 5.91 Å². The number of methoxy groups -OCH3 is 1. The molecule has 2 N–H and O–H groups in total. The number of rotatable bonds is 2. The molecule has 5 heteroatoms. The Balaban J connectivity index is 1.70. The second-order valence-corrected chi connectivity index (χ2v) is 5.12. The van der Waals surface area contributed by atoms with Crippen molar-refractivity contribution in [1.82, 2.24) is 15.5 Å². The standard InChI is InChI=1S/C14H19N3O2/c1-19-12-4-2-10(3-5-12)13-8-17-9-14(18)16-7-11(17)6-15-13/h2-5,11,13,15H,6-9H2,1H3,(H,16,18). The van der Waals surface area contributed by atoms with Gasteiger partial charge in [-0.25, -0.2) is 0 Å². The van der Waals surface area contributed by atoms with E-state index in [0.29, 0.717) is 12.6 Å². The summed E-state index contributed by atoms with van der Waals surface area (Å²) in [6.07, 6.45) is 0. The zero-order valence-electron chi connectivity index (χ0n) is 11.1.